The molecular formula is C52H32N6. The number of hydrogen-bond donors (Lipinski definition) is 0. The van der Waals surface area contributed by atoms with Crippen molar-refractivity contribution in [3.63, 3.8) is 0 Å². The number of fused-ring (bicyclic) bond motifs is 4. The Hall–Kier alpha value is -7.96. The molecule has 0 amide bonds. The Labute approximate surface area is 333 Å². The van der Waals surface area contributed by atoms with Crippen LogP contribution in [0.1, 0.15) is 0 Å². The van der Waals surface area contributed by atoms with Crippen molar-refractivity contribution >= 4 is 110 Å². The fourth-order valence-electron chi connectivity index (χ4n) is 8.94. The summed E-state index contributed by atoms with van der Waals surface area (Å²) >= 11 is 0. The van der Waals surface area contributed by atoms with Crippen molar-refractivity contribution in [3.05, 3.63) is 195 Å². The van der Waals surface area contributed by atoms with E-state index in [-0.39, 0.29) is 0 Å². The normalized spacial score (nSPS) is 11.8. The van der Waals surface area contributed by atoms with E-state index in [2.05, 4.69) is 180 Å². The molecule has 0 spiro atoms. The standard InChI is InChI=1S/C52H32N6/c1-5-13-39-33(9-1)25-29-53-49(39)57(50-40-14-6-2-10-34(40)26-30-54-50)45-23-19-37-18-22-44-46(24-20-38-17-21-43(45)47(37)48(38)44)58(51-41-15-7-3-11-35(41)27-31-55-51)52-42-16-8-4-12-36(42)28-32-56-52/h1-32H. The van der Waals surface area contributed by atoms with Crippen LogP contribution in [0, 0.1) is 0 Å². The van der Waals surface area contributed by atoms with Crippen LogP contribution in [0.3, 0.4) is 0 Å². The minimum absolute atomic E-state index is 0.827. The Morgan fingerprint density at radius 2 is 0.534 bits per heavy atom. The fourth-order valence-corrected chi connectivity index (χ4v) is 8.94. The van der Waals surface area contributed by atoms with Gasteiger partial charge in [-0.3, -0.25) is 9.80 Å². The molecule has 4 heterocycles. The topological polar surface area (TPSA) is 58.0 Å². The lowest BCUT2D eigenvalue weighted by atomic mass is 9.92. The van der Waals surface area contributed by atoms with Crippen LogP contribution in [0.25, 0.3) is 75.4 Å². The first kappa shape index (κ1) is 32.3. The van der Waals surface area contributed by atoms with Gasteiger partial charge >= 0.3 is 0 Å². The van der Waals surface area contributed by atoms with E-state index < -0.39 is 0 Å². The molecule has 58 heavy (non-hydrogen) atoms. The van der Waals surface area contributed by atoms with Gasteiger partial charge in [0.1, 0.15) is 23.3 Å². The molecule has 8 aromatic carbocycles. The van der Waals surface area contributed by atoms with Crippen molar-refractivity contribution in [1.29, 1.82) is 0 Å². The van der Waals surface area contributed by atoms with Gasteiger partial charge < -0.3 is 0 Å². The smallest absolute Gasteiger partial charge is 0.146 e. The van der Waals surface area contributed by atoms with E-state index in [0.717, 1.165) is 99.3 Å². The first-order chi connectivity index (χ1) is 28.8. The van der Waals surface area contributed by atoms with E-state index >= 15 is 0 Å². The summed E-state index contributed by atoms with van der Waals surface area (Å²) in [6, 6.07) is 60.0. The summed E-state index contributed by atoms with van der Waals surface area (Å²) in [5.74, 6) is 3.31. The average Bonchev–Trinajstić information content (AvgIpc) is 3.29. The Balaban J connectivity index is 1.17. The van der Waals surface area contributed by atoms with E-state index in [9.17, 15) is 0 Å². The summed E-state index contributed by atoms with van der Waals surface area (Å²) in [5.41, 5.74) is 2.01. The molecule has 6 heteroatoms. The molecule has 270 valence electrons. The predicted octanol–water partition coefficient (Wildman–Crippen LogP) is 13.7. The van der Waals surface area contributed by atoms with Gasteiger partial charge in [-0.05, 0) is 79.5 Å². The number of hydrogen-bond acceptors (Lipinski definition) is 6. The second-order valence-corrected chi connectivity index (χ2v) is 14.7. The molecule has 0 atom stereocenters. The molecule has 0 N–H and O–H groups in total. The average molecular weight is 741 g/mol. The molecule has 12 rings (SSSR count). The molecule has 0 aliphatic carbocycles. The van der Waals surface area contributed by atoms with Crippen molar-refractivity contribution in [3.8, 4) is 0 Å². The molecule has 0 aliphatic rings. The number of rotatable bonds is 6. The summed E-state index contributed by atoms with van der Waals surface area (Å²) in [5, 5.41) is 15.5. The quantitative estimate of drug-likeness (QED) is 0.158. The molecule has 12 aromatic rings. The highest BCUT2D eigenvalue weighted by Gasteiger charge is 2.26. The maximum Gasteiger partial charge on any atom is 0.146 e. The Bertz CT molecular complexity index is 3150. The molecule has 0 fully saturated rings. The first-order valence-electron chi connectivity index (χ1n) is 19.5. The molecule has 0 saturated heterocycles. The van der Waals surface area contributed by atoms with E-state index in [0.29, 0.717) is 0 Å². The SMILES string of the molecule is c1ccc2c(N(c3nccc4ccccc34)c3ccc4ccc5c(N(c6nccc7ccccc67)c6nccc7ccccc67)ccc6ccc3c4c65)nccc2c1. The van der Waals surface area contributed by atoms with Gasteiger partial charge in [-0.1, -0.05) is 133 Å². The zero-order valence-electron chi connectivity index (χ0n) is 31.2. The van der Waals surface area contributed by atoms with Gasteiger partial charge in [-0.15, -0.1) is 0 Å². The van der Waals surface area contributed by atoms with Gasteiger partial charge in [0.15, 0.2) is 0 Å². The van der Waals surface area contributed by atoms with E-state index in [1.807, 2.05) is 24.8 Å². The second kappa shape index (κ2) is 12.8. The van der Waals surface area contributed by atoms with Crippen molar-refractivity contribution in [2.75, 3.05) is 9.80 Å². The minimum Gasteiger partial charge on any atom is -0.277 e. The highest BCUT2D eigenvalue weighted by Crippen LogP contribution is 2.49. The number of benzene rings is 8. The molecular weight excluding hydrogens is 709 g/mol. The Morgan fingerprint density at radius 3 is 0.862 bits per heavy atom. The van der Waals surface area contributed by atoms with Crippen molar-refractivity contribution in [2.45, 2.75) is 0 Å². The van der Waals surface area contributed by atoms with Crippen LogP contribution in [0.5, 0.6) is 0 Å². The lowest BCUT2D eigenvalue weighted by Crippen LogP contribution is -2.15. The lowest BCUT2D eigenvalue weighted by molar-refractivity contribution is 1.16. The zero-order chi connectivity index (χ0) is 38.2. The molecule has 0 radical (unpaired) electrons. The van der Waals surface area contributed by atoms with Gasteiger partial charge in [0.05, 0.1) is 11.4 Å². The Kier molecular flexibility index (Phi) is 7.13. The van der Waals surface area contributed by atoms with Crippen LogP contribution in [-0.2, 0) is 0 Å². The van der Waals surface area contributed by atoms with Crippen LogP contribution in [0.2, 0.25) is 0 Å². The van der Waals surface area contributed by atoms with Crippen LogP contribution >= 0.6 is 0 Å². The van der Waals surface area contributed by atoms with Gasteiger partial charge in [-0.25, -0.2) is 19.9 Å². The molecule has 0 bridgehead atoms. The third-order valence-electron chi connectivity index (χ3n) is 11.6. The van der Waals surface area contributed by atoms with Gasteiger partial charge in [-0.2, -0.15) is 0 Å². The first-order valence-corrected chi connectivity index (χ1v) is 19.5. The van der Waals surface area contributed by atoms with Crippen LogP contribution < -0.4 is 9.80 Å². The summed E-state index contributed by atoms with van der Waals surface area (Å²) in [7, 11) is 0. The van der Waals surface area contributed by atoms with Crippen molar-refractivity contribution < 1.29 is 0 Å². The molecule has 0 aliphatic heterocycles. The largest absolute Gasteiger partial charge is 0.277 e. The third-order valence-corrected chi connectivity index (χ3v) is 11.6. The molecule has 6 nitrogen and oxygen atoms in total. The zero-order valence-corrected chi connectivity index (χ0v) is 31.2. The van der Waals surface area contributed by atoms with Crippen molar-refractivity contribution in [1.82, 2.24) is 19.9 Å². The van der Waals surface area contributed by atoms with Crippen LogP contribution in [0.15, 0.2) is 195 Å². The number of pyridine rings is 4. The lowest BCUT2D eigenvalue weighted by Gasteiger charge is -2.29. The summed E-state index contributed by atoms with van der Waals surface area (Å²) < 4.78 is 0. The Morgan fingerprint density at radius 1 is 0.241 bits per heavy atom. The maximum atomic E-state index is 5.10. The van der Waals surface area contributed by atoms with Gasteiger partial charge in [0, 0.05) is 57.1 Å². The fraction of sp³-hybridized carbons (Fsp3) is 0. The van der Waals surface area contributed by atoms with Gasteiger partial charge in [0.25, 0.3) is 0 Å². The highest BCUT2D eigenvalue weighted by molar-refractivity contribution is 6.28. The van der Waals surface area contributed by atoms with Crippen molar-refractivity contribution in [2.24, 2.45) is 0 Å². The number of aromatic nitrogens is 4. The van der Waals surface area contributed by atoms with Crippen LogP contribution in [0.4, 0.5) is 34.6 Å². The summed E-state index contributed by atoms with van der Waals surface area (Å²) in [4.78, 5) is 24.9. The highest BCUT2D eigenvalue weighted by atomic mass is 15.3. The molecule has 0 saturated carbocycles. The number of nitrogens with zero attached hydrogens (tertiary/aromatic N) is 6. The van der Waals surface area contributed by atoms with E-state index in [4.69, 9.17) is 19.9 Å². The second-order valence-electron chi connectivity index (χ2n) is 14.7. The van der Waals surface area contributed by atoms with Crippen LogP contribution in [-0.4, -0.2) is 19.9 Å². The maximum absolute atomic E-state index is 5.10. The molecule has 4 aromatic heterocycles. The van der Waals surface area contributed by atoms with Gasteiger partial charge in [0.2, 0.25) is 0 Å². The minimum atomic E-state index is 0.827. The van der Waals surface area contributed by atoms with E-state index in [1.165, 1.54) is 10.8 Å². The molecule has 0 unspecified atom stereocenters. The third kappa shape index (κ3) is 4.85. The predicted molar refractivity (Wildman–Crippen MR) is 241 cm³/mol. The number of anilines is 6. The van der Waals surface area contributed by atoms with E-state index in [1.54, 1.807) is 0 Å². The summed E-state index contributed by atoms with van der Waals surface area (Å²) in [6.07, 6.45) is 7.59. The summed E-state index contributed by atoms with van der Waals surface area (Å²) in [6.45, 7) is 0. The monoisotopic (exact) mass is 740 g/mol.